The molecule has 0 spiro atoms. The molecule has 1 N–H and O–H groups in total. The van der Waals surface area contributed by atoms with Crippen LogP contribution in [-0.4, -0.2) is 22.5 Å². The van der Waals surface area contributed by atoms with Gasteiger partial charge in [0.15, 0.2) is 0 Å². The fourth-order valence-corrected chi connectivity index (χ4v) is 3.69. The van der Waals surface area contributed by atoms with Gasteiger partial charge in [0.1, 0.15) is 11.8 Å². The smallest absolute Gasteiger partial charge is 0.284 e. The second-order valence-electron chi connectivity index (χ2n) is 6.17. The Balaban J connectivity index is 1.64. The number of nitrogens with one attached hydrogen (secondary N) is 1. The van der Waals surface area contributed by atoms with E-state index in [1.807, 2.05) is 47.8 Å². The molecule has 7 heteroatoms. The van der Waals surface area contributed by atoms with E-state index >= 15 is 0 Å². The third-order valence-corrected chi connectivity index (χ3v) is 5.12. The van der Waals surface area contributed by atoms with E-state index in [2.05, 4.69) is 10.4 Å². The molecule has 0 saturated carbocycles. The molecule has 1 aliphatic heterocycles. The van der Waals surface area contributed by atoms with Crippen molar-refractivity contribution in [2.24, 2.45) is 5.10 Å². The van der Waals surface area contributed by atoms with Crippen molar-refractivity contribution in [1.82, 2.24) is 5.01 Å². The Bertz CT molecular complexity index is 976. The van der Waals surface area contributed by atoms with Crippen LogP contribution in [0.3, 0.4) is 0 Å². The molecule has 0 aliphatic carbocycles. The van der Waals surface area contributed by atoms with Gasteiger partial charge < -0.3 is 9.73 Å². The normalized spacial score (nSPS) is 16.3. The zero-order chi connectivity index (χ0) is 18.8. The van der Waals surface area contributed by atoms with Crippen LogP contribution in [0.5, 0.6) is 0 Å². The molecule has 4 rings (SSSR count). The zero-order valence-electron chi connectivity index (χ0n) is 14.6. The molecule has 136 valence electrons. The maximum absolute atomic E-state index is 12.9. The highest BCUT2D eigenvalue weighted by atomic mass is 32.1. The van der Waals surface area contributed by atoms with Gasteiger partial charge in [-0.25, -0.2) is 5.01 Å². The summed E-state index contributed by atoms with van der Waals surface area (Å²) in [6.45, 7) is 1.47. The van der Waals surface area contributed by atoms with Crippen LogP contribution in [0.4, 0.5) is 5.69 Å². The number of thiophene rings is 1. The molecule has 1 atom stereocenters. The van der Waals surface area contributed by atoms with E-state index in [1.165, 1.54) is 23.3 Å². The minimum absolute atomic E-state index is 0.119. The van der Waals surface area contributed by atoms with Gasteiger partial charge in [-0.15, -0.1) is 11.3 Å². The van der Waals surface area contributed by atoms with Crippen LogP contribution in [0.25, 0.3) is 0 Å². The topological polar surface area (TPSA) is 74.9 Å². The van der Waals surface area contributed by atoms with Gasteiger partial charge in [-0.2, -0.15) is 5.10 Å². The van der Waals surface area contributed by atoms with E-state index in [9.17, 15) is 9.59 Å². The van der Waals surface area contributed by atoms with E-state index in [-0.39, 0.29) is 17.9 Å². The first-order valence-corrected chi connectivity index (χ1v) is 9.36. The second-order valence-corrected chi connectivity index (χ2v) is 7.12. The van der Waals surface area contributed by atoms with E-state index in [1.54, 1.807) is 12.3 Å². The number of benzene rings is 1. The minimum atomic E-state index is -0.278. The highest BCUT2D eigenvalue weighted by Crippen LogP contribution is 2.34. The fraction of sp³-hybridized carbons (Fsp3) is 0.150. The van der Waals surface area contributed by atoms with Gasteiger partial charge in [-0.1, -0.05) is 18.2 Å². The predicted molar refractivity (Wildman–Crippen MR) is 104 cm³/mol. The molecule has 3 aromatic rings. The van der Waals surface area contributed by atoms with Gasteiger partial charge in [-0.05, 0) is 41.3 Å². The molecule has 1 aliphatic rings. The average Bonchev–Trinajstić information content (AvgIpc) is 3.41. The number of hydrazone groups is 1. The van der Waals surface area contributed by atoms with E-state index in [0.717, 1.165) is 17.0 Å². The number of hydrogen-bond acceptors (Lipinski definition) is 5. The molecule has 0 unspecified atom stereocenters. The standard InChI is InChI=1S/C20H17N3O3S/c1-13(24)21-15-8-6-14(7-9-15)16-12-17(18-4-2-10-26-18)23(22-16)20(25)19-5-3-11-27-19/h2-11,17H,12H2,1H3,(H,21,24)/t17-/m1/s1. The summed E-state index contributed by atoms with van der Waals surface area (Å²) in [5.41, 5.74) is 2.43. The first kappa shape index (κ1) is 17.2. The monoisotopic (exact) mass is 379 g/mol. The number of carbonyl (C=O) groups excluding carboxylic acids is 2. The Kier molecular flexibility index (Phi) is 4.60. The molecule has 2 aromatic heterocycles. The first-order chi connectivity index (χ1) is 13.1. The molecule has 27 heavy (non-hydrogen) atoms. The van der Waals surface area contributed by atoms with E-state index in [4.69, 9.17) is 4.42 Å². The number of amides is 2. The summed E-state index contributed by atoms with van der Waals surface area (Å²) in [6, 6.07) is 14.5. The summed E-state index contributed by atoms with van der Waals surface area (Å²) >= 11 is 1.39. The Morgan fingerprint density at radius 2 is 2.00 bits per heavy atom. The highest BCUT2D eigenvalue weighted by Gasteiger charge is 2.35. The second kappa shape index (κ2) is 7.20. The van der Waals surface area contributed by atoms with Crippen molar-refractivity contribution < 1.29 is 14.0 Å². The number of nitrogens with zero attached hydrogens (tertiary/aromatic N) is 2. The maximum Gasteiger partial charge on any atom is 0.284 e. The molecule has 0 fully saturated rings. The number of rotatable bonds is 4. The molecule has 1 aromatic carbocycles. The zero-order valence-corrected chi connectivity index (χ0v) is 15.4. The van der Waals surface area contributed by atoms with Gasteiger partial charge in [0.25, 0.3) is 5.91 Å². The predicted octanol–water partition coefficient (Wildman–Crippen LogP) is 4.29. The van der Waals surface area contributed by atoms with Gasteiger partial charge in [0.05, 0.1) is 16.9 Å². The van der Waals surface area contributed by atoms with Crippen LogP contribution in [0.1, 0.15) is 40.4 Å². The van der Waals surface area contributed by atoms with Crippen LogP contribution in [0, 0.1) is 0 Å². The number of hydrogen-bond donors (Lipinski definition) is 1. The largest absolute Gasteiger partial charge is 0.467 e. The molecular weight excluding hydrogens is 362 g/mol. The van der Waals surface area contributed by atoms with Crippen LogP contribution in [0.2, 0.25) is 0 Å². The third-order valence-electron chi connectivity index (χ3n) is 4.26. The van der Waals surface area contributed by atoms with Crippen LogP contribution >= 0.6 is 11.3 Å². The summed E-state index contributed by atoms with van der Waals surface area (Å²) in [4.78, 5) is 24.7. The molecule has 0 saturated heterocycles. The lowest BCUT2D eigenvalue weighted by atomic mass is 10.0. The fourth-order valence-electron chi connectivity index (χ4n) is 3.04. The summed E-state index contributed by atoms with van der Waals surface area (Å²) in [7, 11) is 0. The van der Waals surface area contributed by atoms with Crippen molar-refractivity contribution in [2.45, 2.75) is 19.4 Å². The lowest BCUT2D eigenvalue weighted by Gasteiger charge is -2.18. The van der Waals surface area contributed by atoms with E-state index < -0.39 is 0 Å². The molecule has 2 amide bonds. The minimum Gasteiger partial charge on any atom is -0.467 e. The van der Waals surface area contributed by atoms with Gasteiger partial charge in [0.2, 0.25) is 5.91 Å². The molecule has 0 bridgehead atoms. The van der Waals surface area contributed by atoms with Crippen molar-refractivity contribution in [1.29, 1.82) is 0 Å². The summed E-state index contributed by atoms with van der Waals surface area (Å²) in [5, 5.41) is 10.7. The molecular formula is C20H17N3O3S. The Labute approximate surface area is 160 Å². The number of furan rings is 1. The van der Waals surface area contributed by atoms with Crippen LogP contribution in [0.15, 0.2) is 69.7 Å². The average molecular weight is 379 g/mol. The Hall–Kier alpha value is -3.19. The lowest BCUT2D eigenvalue weighted by Crippen LogP contribution is -2.26. The summed E-state index contributed by atoms with van der Waals surface area (Å²) < 4.78 is 5.55. The number of anilines is 1. The van der Waals surface area contributed by atoms with Crippen molar-refractivity contribution in [3.63, 3.8) is 0 Å². The maximum atomic E-state index is 12.9. The quantitative estimate of drug-likeness (QED) is 0.735. The Morgan fingerprint density at radius 3 is 2.63 bits per heavy atom. The Morgan fingerprint density at radius 1 is 1.19 bits per heavy atom. The van der Waals surface area contributed by atoms with E-state index in [0.29, 0.717) is 17.1 Å². The first-order valence-electron chi connectivity index (χ1n) is 8.48. The summed E-state index contributed by atoms with van der Waals surface area (Å²) in [5.74, 6) is 0.441. The summed E-state index contributed by atoms with van der Waals surface area (Å²) in [6.07, 6.45) is 2.16. The van der Waals surface area contributed by atoms with Crippen molar-refractivity contribution in [3.05, 3.63) is 76.4 Å². The van der Waals surface area contributed by atoms with Crippen molar-refractivity contribution in [2.75, 3.05) is 5.32 Å². The van der Waals surface area contributed by atoms with Gasteiger partial charge in [-0.3, -0.25) is 9.59 Å². The molecule has 0 radical (unpaired) electrons. The molecule has 6 nitrogen and oxygen atoms in total. The van der Waals surface area contributed by atoms with Crippen molar-refractivity contribution in [3.8, 4) is 0 Å². The van der Waals surface area contributed by atoms with Crippen molar-refractivity contribution >= 4 is 34.6 Å². The third kappa shape index (κ3) is 3.54. The molecule has 3 heterocycles. The lowest BCUT2D eigenvalue weighted by molar-refractivity contribution is -0.114. The SMILES string of the molecule is CC(=O)Nc1ccc(C2=NN(C(=O)c3cccs3)[C@@H](c3ccco3)C2)cc1. The van der Waals surface area contributed by atoms with Crippen LogP contribution in [-0.2, 0) is 4.79 Å². The van der Waals surface area contributed by atoms with Gasteiger partial charge in [0, 0.05) is 19.0 Å². The number of carbonyl (C=O) groups is 2. The van der Waals surface area contributed by atoms with Gasteiger partial charge >= 0.3 is 0 Å². The highest BCUT2D eigenvalue weighted by molar-refractivity contribution is 7.12. The van der Waals surface area contributed by atoms with Crippen LogP contribution < -0.4 is 5.32 Å².